The zero-order chi connectivity index (χ0) is 10.4. The Morgan fingerprint density at radius 2 is 2.07 bits per heavy atom. The van der Waals surface area contributed by atoms with Gasteiger partial charge in [0.15, 0.2) is 0 Å². The number of aromatic nitrogens is 2. The smallest absolute Gasteiger partial charge is 0.244 e. The van der Waals surface area contributed by atoms with E-state index in [0.29, 0.717) is 12.8 Å². The minimum absolute atomic E-state index is 0.238. The molecule has 0 radical (unpaired) electrons. The number of hydrogen-bond donors (Lipinski definition) is 0. The minimum Gasteiger partial charge on any atom is -0.244 e. The molecule has 2 nitrogen and oxygen atoms in total. The zero-order valence-electron chi connectivity index (χ0n) is 6.98. The van der Waals surface area contributed by atoms with Gasteiger partial charge in [-0.15, -0.1) is 11.6 Å². The summed E-state index contributed by atoms with van der Waals surface area (Å²) in [5.74, 6) is 0. The molecule has 0 unspecified atom stereocenters. The quantitative estimate of drug-likeness (QED) is 0.741. The molecule has 0 N–H and O–H groups in total. The number of nitrogens with zero attached hydrogens (tertiary/aromatic N) is 2. The molecule has 1 aliphatic rings. The molecular weight excluding hydrogens is 233 g/mol. The number of hydrogen-bond acceptors (Lipinski definition) is 2. The first kappa shape index (κ1) is 10.1. The molecule has 6 heteroatoms. The lowest BCUT2D eigenvalue weighted by Crippen LogP contribution is -2.14. The van der Waals surface area contributed by atoms with E-state index >= 15 is 0 Å². The molecule has 1 saturated carbocycles. The third-order valence-electron chi connectivity index (χ3n) is 2.15. The van der Waals surface area contributed by atoms with E-state index in [-0.39, 0.29) is 5.56 Å². The normalized spacial score (nSPS) is 19.4. The number of rotatable bonds is 2. The van der Waals surface area contributed by atoms with Crippen LogP contribution >= 0.6 is 23.2 Å². The van der Waals surface area contributed by atoms with Crippen molar-refractivity contribution in [1.29, 1.82) is 0 Å². The van der Waals surface area contributed by atoms with E-state index in [9.17, 15) is 8.78 Å². The summed E-state index contributed by atoms with van der Waals surface area (Å²) in [6, 6.07) is 0. The Kier molecular flexibility index (Phi) is 2.16. The lowest BCUT2D eigenvalue weighted by atomic mass is 10.1. The molecule has 1 fully saturated rings. The van der Waals surface area contributed by atoms with Crippen molar-refractivity contribution in [1.82, 2.24) is 9.97 Å². The monoisotopic (exact) mass is 238 g/mol. The van der Waals surface area contributed by atoms with Gasteiger partial charge >= 0.3 is 5.38 Å². The summed E-state index contributed by atoms with van der Waals surface area (Å²) in [7, 11) is 0. The summed E-state index contributed by atoms with van der Waals surface area (Å²) >= 11 is 10.9. The van der Waals surface area contributed by atoms with Crippen LogP contribution in [-0.2, 0) is 10.3 Å². The predicted molar refractivity (Wildman–Crippen MR) is 48.5 cm³/mol. The summed E-state index contributed by atoms with van der Waals surface area (Å²) in [5.41, 5.74) is -0.247. The van der Waals surface area contributed by atoms with Gasteiger partial charge in [-0.05, 0) is 24.4 Å². The maximum atomic E-state index is 12.9. The van der Waals surface area contributed by atoms with Crippen LogP contribution in [0.25, 0.3) is 0 Å². The first-order valence-electron chi connectivity index (χ1n) is 4.00. The highest BCUT2D eigenvalue weighted by Crippen LogP contribution is 2.54. The van der Waals surface area contributed by atoms with E-state index in [0.717, 1.165) is 6.33 Å². The van der Waals surface area contributed by atoms with E-state index in [4.69, 9.17) is 23.2 Å². The highest BCUT2D eigenvalue weighted by Gasteiger charge is 2.48. The van der Waals surface area contributed by atoms with Gasteiger partial charge in [-0.25, -0.2) is 9.97 Å². The zero-order valence-corrected chi connectivity index (χ0v) is 8.49. The van der Waals surface area contributed by atoms with Crippen molar-refractivity contribution in [2.24, 2.45) is 0 Å². The van der Waals surface area contributed by atoms with Gasteiger partial charge in [-0.1, -0.05) is 0 Å². The molecule has 2 rings (SSSR count). The first-order valence-corrected chi connectivity index (χ1v) is 4.76. The third-order valence-corrected chi connectivity index (χ3v) is 2.91. The molecule has 1 heterocycles. The van der Waals surface area contributed by atoms with Crippen molar-refractivity contribution < 1.29 is 8.78 Å². The van der Waals surface area contributed by atoms with Crippen molar-refractivity contribution in [2.75, 3.05) is 0 Å². The van der Waals surface area contributed by atoms with Gasteiger partial charge in [0.25, 0.3) is 0 Å². The molecule has 0 aliphatic heterocycles. The van der Waals surface area contributed by atoms with Crippen molar-refractivity contribution in [3.63, 3.8) is 0 Å². The number of alkyl halides is 4. The Labute approximate surface area is 89.3 Å². The van der Waals surface area contributed by atoms with Crippen molar-refractivity contribution in [2.45, 2.75) is 23.1 Å². The van der Waals surface area contributed by atoms with E-state index in [1.54, 1.807) is 0 Å². The van der Waals surface area contributed by atoms with Crippen LogP contribution in [0.2, 0.25) is 0 Å². The molecule has 14 heavy (non-hydrogen) atoms. The standard InChI is InChI=1S/C8H6Cl2F2N2/c9-7(1-2-7)5-3-13-4-14-6(5)8(10,11)12/h3-4H,1-2H2. The van der Waals surface area contributed by atoms with Crippen molar-refractivity contribution >= 4 is 23.2 Å². The van der Waals surface area contributed by atoms with Crippen LogP contribution in [0.4, 0.5) is 8.78 Å². The molecule has 0 atom stereocenters. The van der Waals surface area contributed by atoms with E-state index in [2.05, 4.69) is 9.97 Å². The van der Waals surface area contributed by atoms with Crippen LogP contribution in [0.5, 0.6) is 0 Å². The molecule has 0 bridgehead atoms. The summed E-state index contributed by atoms with van der Waals surface area (Å²) in [4.78, 5) is 6.43. The predicted octanol–water partition coefficient (Wildman–Crippen LogP) is 2.99. The average molecular weight is 239 g/mol. The minimum atomic E-state index is -3.48. The summed E-state index contributed by atoms with van der Waals surface area (Å²) in [6.07, 6.45) is 3.65. The summed E-state index contributed by atoms with van der Waals surface area (Å²) in [5, 5.41) is -3.48. The van der Waals surface area contributed by atoms with Crippen molar-refractivity contribution in [3.05, 3.63) is 23.8 Å². The molecule has 0 amide bonds. The van der Waals surface area contributed by atoms with Crippen LogP contribution in [-0.4, -0.2) is 9.97 Å². The maximum Gasteiger partial charge on any atom is 0.365 e. The topological polar surface area (TPSA) is 25.8 Å². The van der Waals surface area contributed by atoms with Crippen LogP contribution in [0.3, 0.4) is 0 Å². The highest BCUT2D eigenvalue weighted by atomic mass is 35.5. The highest BCUT2D eigenvalue weighted by molar-refractivity contribution is 6.26. The largest absolute Gasteiger partial charge is 0.365 e. The Balaban J connectivity index is 2.50. The Morgan fingerprint density at radius 3 is 2.57 bits per heavy atom. The Hall–Kier alpha value is -0.480. The molecule has 1 aromatic heterocycles. The van der Waals surface area contributed by atoms with E-state index < -0.39 is 15.9 Å². The molecule has 1 aromatic rings. The van der Waals surface area contributed by atoms with Crippen molar-refractivity contribution in [3.8, 4) is 0 Å². The average Bonchev–Trinajstić information content (AvgIpc) is 2.84. The summed E-state index contributed by atoms with van der Waals surface area (Å²) in [6.45, 7) is 0. The van der Waals surface area contributed by atoms with Gasteiger partial charge in [-0.3, -0.25) is 0 Å². The van der Waals surface area contributed by atoms with Crippen LogP contribution in [0, 0.1) is 0 Å². The fraction of sp³-hybridized carbons (Fsp3) is 0.500. The first-order chi connectivity index (χ1) is 6.43. The van der Waals surface area contributed by atoms with E-state index in [1.165, 1.54) is 6.20 Å². The molecule has 0 saturated heterocycles. The van der Waals surface area contributed by atoms with Gasteiger partial charge < -0.3 is 0 Å². The van der Waals surface area contributed by atoms with Gasteiger partial charge in [0.2, 0.25) is 0 Å². The maximum absolute atomic E-state index is 12.9. The molecule has 0 aromatic carbocycles. The van der Waals surface area contributed by atoms with Gasteiger partial charge in [-0.2, -0.15) is 8.78 Å². The Bertz CT molecular complexity index is 336. The second kappa shape index (κ2) is 3.00. The second-order valence-corrected chi connectivity index (χ2v) is 4.45. The fourth-order valence-corrected chi connectivity index (χ4v) is 1.65. The van der Waals surface area contributed by atoms with Gasteiger partial charge in [0.1, 0.15) is 12.0 Å². The van der Waals surface area contributed by atoms with Gasteiger partial charge in [0.05, 0.1) is 4.87 Å². The lowest BCUT2D eigenvalue weighted by Gasteiger charge is -2.14. The van der Waals surface area contributed by atoms with Gasteiger partial charge in [0, 0.05) is 11.8 Å². The SMILES string of the molecule is FC(F)(Cl)c1ncncc1C1(Cl)CC1. The van der Waals surface area contributed by atoms with Crippen LogP contribution in [0.1, 0.15) is 24.1 Å². The lowest BCUT2D eigenvalue weighted by molar-refractivity contribution is 0.0883. The summed E-state index contributed by atoms with van der Waals surface area (Å²) < 4.78 is 25.8. The fourth-order valence-electron chi connectivity index (χ4n) is 1.26. The Morgan fingerprint density at radius 1 is 1.43 bits per heavy atom. The third kappa shape index (κ3) is 1.68. The number of halogens is 4. The molecule has 1 aliphatic carbocycles. The molecular formula is C8H6Cl2F2N2. The molecule has 76 valence electrons. The van der Waals surface area contributed by atoms with E-state index in [1.807, 2.05) is 0 Å². The molecule has 0 spiro atoms. The van der Waals surface area contributed by atoms with Crippen LogP contribution < -0.4 is 0 Å². The second-order valence-electron chi connectivity index (χ2n) is 3.25. The van der Waals surface area contributed by atoms with Crippen LogP contribution in [0.15, 0.2) is 12.5 Å².